The standard InChI is InChI=1S/C20H20N2O2/c1-13(19-11-15-7-4-5-9-18(15)24-19)22-20(23)17-10-14-6-2-3-8-16(14)12-21-17/h2-9,11,13,17,21H,10,12H2,1H3,(H,22,23). The first-order chi connectivity index (χ1) is 11.7. The van der Waals surface area contributed by atoms with Crippen molar-refractivity contribution in [1.82, 2.24) is 10.6 Å². The fourth-order valence-corrected chi connectivity index (χ4v) is 3.24. The van der Waals surface area contributed by atoms with E-state index in [0.717, 1.165) is 29.7 Å². The molecule has 4 nitrogen and oxygen atoms in total. The average Bonchev–Trinajstić information content (AvgIpc) is 3.05. The fraction of sp³-hybridized carbons (Fsp3) is 0.250. The lowest BCUT2D eigenvalue weighted by atomic mass is 9.95. The van der Waals surface area contributed by atoms with Crippen LogP contribution in [0.15, 0.2) is 59.0 Å². The van der Waals surface area contributed by atoms with Gasteiger partial charge in [0, 0.05) is 11.9 Å². The Bertz CT molecular complexity index is 851. The van der Waals surface area contributed by atoms with Crippen LogP contribution in [0.3, 0.4) is 0 Å². The Kier molecular flexibility index (Phi) is 3.82. The minimum Gasteiger partial charge on any atom is -0.459 e. The van der Waals surface area contributed by atoms with Gasteiger partial charge < -0.3 is 15.1 Å². The van der Waals surface area contributed by atoms with Gasteiger partial charge in [-0.3, -0.25) is 4.79 Å². The predicted molar refractivity (Wildman–Crippen MR) is 93.5 cm³/mol. The summed E-state index contributed by atoms with van der Waals surface area (Å²) in [7, 11) is 0. The highest BCUT2D eigenvalue weighted by atomic mass is 16.3. The SMILES string of the molecule is CC(NC(=O)C1Cc2ccccc2CN1)c1cc2ccccc2o1. The Morgan fingerprint density at radius 3 is 2.75 bits per heavy atom. The first kappa shape index (κ1) is 15.0. The van der Waals surface area contributed by atoms with Crippen LogP contribution in [0.5, 0.6) is 0 Å². The van der Waals surface area contributed by atoms with Gasteiger partial charge in [0.1, 0.15) is 11.3 Å². The summed E-state index contributed by atoms with van der Waals surface area (Å²) in [5.74, 6) is 0.790. The van der Waals surface area contributed by atoms with E-state index in [1.54, 1.807) is 0 Å². The van der Waals surface area contributed by atoms with Crippen LogP contribution in [0.4, 0.5) is 0 Å². The Balaban J connectivity index is 1.46. The van der Waals surface area contributed by atoms with Crippen molar-refractivity contribution >= 4 is 16.9 Å². The Morgan fingerprint density at radius 1 is 1.17 bits per heavy atom. The lowest BCUT2D eigenvalue weighted by Gasteiger charge is -2.26. The molecule has 1 aromatic heterocycles. The molecule has 1 amide bonds. The third-order valence-corrected chi connectivity index (χ3v) is 4.63. The first-order valence-corrected chi connectivity index (χ1v) is 8.30. The van der Waals surface area contributed by atoms with Gasteiger partial charge in [-0.15, -0.1) is 0 Å². The molecule has 0 bridgehead atoms. The molecule has 2 aromatic carbocycles. The summed E-state index contributed by atoms with van der Waals surface area (Å²) in [5, 5.41) is 7.43. The summed E-state index contributed by atoms with van der Waals surface area (Å²) >= 11 is 0. The minimum absolute atomic E-state index is 0.0115. The molecule has 2 heterocycles. The molecule has 4 heteroatoms. The Morgan fingerprint density at radius 2 is 1.92 bits per heavy atom. The van der Waals surface area contributed by atoms with Gasteiger partial charge in [0.2, 0.25) is 5.91 Å². The zero-order valence-corrected chi connectivity index (χ0v) is 13.6. The van der Waals surface area contributed by atoms with Gasteiger partial charge in [-0.2, -0.15) is 0 Å². The zero-order valence-electron chi connectivity index (χ0n) is 13.6. The van der Waals surface area contributed by atoms with Crippen molar-refractivity contribution < 1.29 is 9.21 Å². The summed E-state index contributed by atoms with van der Waals surface area (Å²) in [6.45, 7) is 2.68. The van der Waals surface area contributed by atoms with Crippen molar-refractivity contribution in [2.24, 2.45) is 0 Å². The van der Waals surface area contributed by atoms with E-state index in [9.17, 15) is 4.79 Å². The van der Waals surface area contributed by atoms with E-state index >= 15 is 0 Å². The second-order valence-electron chi connectivity index (χ2n) is 6.32. The van der Waals surface area contributed by atoms with Gasteiger partial charge in [-0.1, -0.05) is 42.5 Å². The molecule has 1 aliphatic heterocycles. The highest BCUT2D eigenvalue weighted by Gasteiger charge is 2.25. The van der Waals surface area contributed by atoms with Crippen molar-refractivity contribution in [3.05, 3.63) is 71.5 Å². The van der Waals surface area contributed by atoms with Crippen LogP contribution < -0.4 is 10.6 Å². The number of benzene rings is 2. The lowest BCUT2D eigenvalue weighted by molar-refractivity contribution is -0.124. The van der Waals surface area contributed by atoms with Crippen LogP contribution in [-0.4, -0.2) is 11.9 Å². The van der Waals surface area contributed by atoms with Crippen molar-refractivity contribution in [1.29, 1.82) is 0 Å². The summed E-state index contributed by atoms with van der Waals surface area (Å²) in [6, 6.07) is 17.8. The second kappa shape index (κ2) is 6.13. The summed E-state index contributed by atoms with van der Waals surface area (Å²) in [6.07, 6.45) is 0.717. The quantitative estimate of drug-likeness (QED) is 0.778. The highest BCUT2D eigenvalue weighted by molar-refractivity contribution is 5.83. The number of amides is 1. The molecule has 0 aliphatic carbocycles. The molecule has 0 fully saturated rings. The molecule has 0 saturated heterocycles. The largest absolute Gasteiger partial charge is 0.459 e. The van der Waals surface area contributed by atoms with E-state index < -0.39 is 0 Å². The second-order valence-corrected chi connectivity index (χ2v) is 6.32. The van der Waals surface area contributed by atoms with Crippen LogP contribution in [-0.2, 0) is 17.8 Å². The molecule has 1 aliphatic rings. The number of carbonyl (C=O) groups is 1. The van der Waals surface area contributed by atoms with E-state index in [0.29, 0.717) is 0 Å². The first-order valence-electron chi connectivity index (χ1n) is 8.30. The van der Waals surface area contributed by atoms with Crippen LogP contribution in [0, 0.1) is 0 Å². The molecule has 0 radical (unpaired) electrons. The Hall–Kier alpha value is -2.59. The van der Waals surface area contributed by atoms with Gasteiger partial charge in [-0.25, -0.2) is 0 Å². The molecule has 2 N–H and O–H groups in total. The number of carbonyl (C=O) groups excluding carboxylic acids is 1. The molecular weight excluding hydrogens is 300 g/mol. The summed E-state index contributed by atoms with van der Waals surface area (Å²) < 4.78 is 5.84. The van der Waals surface area contributed by atoms with E-state index in [1.165, 1.54) is 11.1 Å². The van der Waals surface area contributed by atoms with Gasteiger partial charge in [-0.05, 0) is 36.6 Å². The molecule has 2 unspecified atom stereocenters. The van der Waals surface area contributed by atoms with Gasteiger partial charge in [0.05, 0.1) is 12.1 Å². The highest BCUT2D eigenvalue weighted by Crippen LogP contribution is 2.24. The minimum atomic E-state index is -0.202. The number of furan rings is 1. The molecule has 0 saturated carbocycles. The predicted octanol–water partition coefficient (Wildman–Crippen LogP) is 3.32. The molecule has 122 valence electrons. The van der Waals surface area contributed by atoms with Crippen LogP contribution in [0.25, 0.3) is 11.0 Å². The third kappa shape index (κ3) is 2.81. The number of hydrogen-bond acceptors (Lipinski definition) is 3. The summed E-state index contributed by atoms with van der Waals surface area (Å²) in [5.41, 5.74) is 3.36. The molecule has 24 heavy (non-hydrogen) atoms. The Labute approximate surface area is 140 Å². The molecule has 0 spiro atoms. The van der Waals surface area contributed by atoms with Crippen LogP contribution in [0.2, 0.25) is 0 Å². The smallest absolute Gasteiger partial charge is 0.238 e. The molecule has 4 rings (SSSR count). The molecule has 2 atom stereocenters. The maximum Gasteiger partial charge on any atom is 0.238 e. The van der Waals surface area contributed by atoms with Gasteiger partial charge in [0.25, 0.3) is 0 Å². The number of nitrogens with one attached hydrogen (secondary N) is 2. The number of hydrogen-bond donors (Lipinski definition) is 2. The number of para-hydroxylation sites is 1. The van der Waals surface area contributed by atoms with E-state index in [-0.39, 0.29) is 18.0 Å². The normalized spacial score (nSPS) is 18.1. The fourth-order valence-electron chi connectivity index (χ4n) is 3.24. The third-order valence-electron chi connectivity index (χ3n) is 4.63. The zero-order chi connectivity index (χ0) is 16.5. The topological polar surface area (TPSA) is 54.3 Å². The van der Waals surface area contributed by atoms with Crippen LogP contribution >= 0.6 is 0 Å². The van der Waals surface area contributed by atoms with Crippen molar-refractivity contribution in [3.8, 4) is 0 Å². The van der Waals surface area contributed by atoms with Gasteiger partial charge in [0.15, 0.2) is 0 Å². The monoisotopic (exact) mass is 320 g/mol. The van der Waals surface area contributed by atoms with E-state index in [2.05, 4.69) is 22.8 Å². The van der Waals surface area contributed by atoms with Crippen LogP contribution in [0.1, 0.15) is 29.9 Å². The van der Waals surface area contributed by atoms with Crippen molar-refractivity contribution in [2.75, 3.05) is 0 Å². The van der Waals surface area contributed by atoms with Crippen molar-refractivity contribution in [2.45, 2.75) is 32.0 Å². The maximum absolute atomic E-state index is 12.6. The van der Waals surface area contributed by atoms with Gasteiger partial charge >= 0.3 is 0 Å². The van der Waals surface area contributed by atoms with Crippen molar-refractivity contribution in [3.63, 3.8) is 0 Å². The number of rotatable bonds is 3. The van der Waals surface area contributed by atoms with E-state index in [4.69, 9.17) is 4.42 Å². The molecule has 3 aromatic rings. The lowest BCUT2D eigenvalue weighted by Crippen LogP contribution is -2.48. The van der Waals surface area contributed by atoms with E-state index in [1.807, 2.05) is 49.4 Å². The maximum atomic E-state index is 12.6. The molecular formula is C20H20N2O2. The summed E-state index contributed by atoms with van der Waals surface area (Å²) in [4.78, 5) is 12.6. The average molecular weight is 320 g/mol. The number of fused-ring (bicyclic) bond motifs is 2.